The van der Waals surface area contributed by atoms with Crippen LogP contribution in [0.4, 0.5) is 4.39 Å². The lowest BCUT2D eigenvalue weighted by molar-refractivity contribution is 0.261. The molecule has 0 saturated carbocycles. The van der Waals surface area contributed by atoms with Crippen molar-refractivity contribution in [3.63, 3.8) is 0 Å². The summed E-state index contributed by atoms with van der Waals surface area (Å²) in [6.45, 7) is 4.18. The second-order valence-corrected chi connectivity index (χ2v) is 4.06. The standard InChI is InChI=1S/C13H20FNO/c1-3-13(15-10(2)8-9-16)11-6-4-5-7-12(11)14/h4-7,10,13,15-16H,3,8-9H2,1-2H3. The number of nitrogens with one attached hydrogen (secondary N) is 1. The fraction of sp³-hybridized carbons (Fsp3) is 0.538. The van der Waals surface area contributed by atoms with Gasteiger partial charge in [-0.3, -0.25) is 0 Å². The van der Waals surface area contributed by atoms with E-state index >= 15 is 0 Å². The minimum absolute atomic E-state index is 0.0164. The summed E-state index contributed by atoms with van der Waals surface area (Å²) in [4.78, 5) is 0. The maximum atomic E-state index is 13.6. The van der Waals surface area contributed by atoms with E-state index in [-0.39, 0.29) is 24.5 Å². The fourth-order valence-electron chi connectivity index (χ4n) is 1.81. The van der Waals surface area contributed by atoms with Gasteiger partial charge in [-0.2, -0.15) is 0 Å². The molecule has 0 fully saturated rings. The third-order valence-electron chi connectivity index (χ3n) is 2.74. The van der Waals surface area contributed by atoms with Crippen LogP contribution in [0.1, 0.15) is 38.3 Å². The van der Waals surface area contributed by atoms with Crippen molar-refractivity contribution in [1.29, 1.82) is 0 Å². The van der Waals surface area contributed by atoms with Crippen molar-refractivity contribution >= 4 is 0 Å². The number of hydrogen-bond acceptors (Lipinski definition) is 2. The number of rotatable bonds is 6. The van der Waals surface area contributed by atoms with Crippen LogP contribution in [0.15, 0.2) is 24.3 Å². The summed E-state index contributed by atoms with van der Waals surface area (Å²) in [6, 6.07) is 7.04. The molecule has 0 aliphatic rings. The van der Waals surface area contributed by atoms with Crippen LogP contribution in [0.3, 0.4) is 0 Å². The fourth-order valence-corrected chi connectivity index (χ4v) is 1.81. The predicted molar refractivity (Wildman–Crippen MR) is 63.7 cm³/mol. The molecular formula is C13H20FNO. The second kappa shape index (κ2) is 6.61. The molecule has 2 nitrogen and oxygen atoms in total. The molecule has 90 valence electrons. The minimum atomic E-state index is -0.168. The zero-order valence-corrected chi connectivity index (χ0v) is 9.91. The van der Waals surface area contributed by atoms with Gasteiger partial charge >= 0.3 is 0 Å². The zero-order chi connectivity index (χ0) is 12.0. The van der Waals surface area contributed by atoms with Crippen LogP contribution in [0.2, 0.25) is 0 Å². The number of aliphatic hydroxyl groups is 1. The highest BCUT2D eigenvalue weighted by atomic mass is 19.1. The summed E-state index contributed by atoms with van der Waals surface area (Å²) < 4.78 is 13.6. The molecule has 2 atom stereocenters. The molecule has 0 amide bonds. The summed E-state index contributed by atoms with van der Waals surface area (Å²) in [5.74, 6) is -0.168. The molecule has 3 heteroatoms. The zero-order valence-electron chi connectivity index (χ0n) is 9.91. The van der Waals surface area contributed by atoms with Crippen molar-refractivity contribution in [2.24, 2.45) is 0 Å². The molecule has 0 aliphatic heterocycles. The van der Waals surface area contributed by atoms with E-state index in [1.165, 1.54) is 6.07 Å². The Balaban J connectivity index is 2.71. The van der Waals surface area contributed by atoms with E-state index in [2.05, 4.69) is 5.32 Å². The first-order valence-corrected chi connectivity index (χ1v) is 5.80. The lowest BCUT2D eigenvalue weighted by Crippen LogP contribution is -2.31. The van der Waals surface area contributed by atoms with Gasteiger partial charge in [0.25, 0.3) is 0 Å². The Morgan fingerprint density at radius 2 is 2.06 bits per heavy atom. The molecule has 0 bridgehead atoms. The Bertz CT molecular complexity index is 317. The average Bonchev–Trinajstić information content (AvgIpc) is 2.27. The lowest BCUT2D eigenvalue weighted by atomic mass is 10.0. The first-order chi connectivity index (χ1) is 7.69. The molecule has 0 aliphatic carbocycles. The third kappa shape index (κ3) is 3.58. The van der Waals surface area contributed by atoms with Gasteiger partial charge in [-0.25, -0.2) is 4.39 Å². The van der Waals surface area contributed by atoms with Gasteiger partial charge in [0, 0.05) is 24.3 Å². The second-order valence-electron chi connectivity index (χ2n) is 4.06. The monoisotopic (exact) mass is 225 g/mol. The van der Waals surface area contributed by atoms with Crippen molar-refractivity contribution in [2.45, 2.75) is 38.8 Å². The molecule has 1 aromatic rings. The molecule has 0 heterocycles. The maximum absolute atomic E-state index is 13.6. The van der Waals surface area contributed by atoms with Gasteiger partial charge in [-0.15, -0.1) is 0 Å². The molecule has 0 spiro atoms. The number of hydrogen-bond donors (Lipinski definition) is 2. The van der Waals surface area contributed by atoms with E-state index in [1.807, 2.05) is 26.0 Å². The molecule has 2 N–H and O–H groups in total. The number of benzene rings is 1. The van der Waals surface area contributed by atoms with Crippen LogP contribution >= 0.6 is 0 Å². The van der Waals surface area contributed by atoms with Crippen molar-refractivity contribution in [2.75, 3.05) is 6.61 Å². The maximum Gasteiger partial charge on any atom is 0.127 e. The van der Waals surface area contributed by atoms with Gasteiger partial charge in [0.15, 0.2) is 0 Å². The largest absolute Gasteiger partial charge is 0.396 e. The minimum Gasteiger partial charge on any atom is -0.396 e. The predicted octanol–water partition coefficient (Wildman–Crippen LogP) is 2.64. The summed E-state index contributed by atoms with van der Waals surface area (Å²) in [6.07, 6.45) is 1.52. The topological polar surface area (TPSA) is 32.3 Å². The van der Waals surface area contributed by atoms with E-state index in [0.717, 1.165) is 6.42 Å². The molecule has 1 rings (SSSR count). The quantitative estimate of drug-likeness (QED) is 0.780. The van der Waals surface area contributed by atoms with Crippen LogP contribution in [-0.2, 0) is 0 Å². The normalized spacial score (nSPS) is 14.8. The van der Waals surface area contributed by atoms with Crippen molar-refractivity contribution in [3.05, 3.63) is 35.6 Å². The summed E-state index contributed by atoms with van der Waals surface area (Å²) in [7, 11) is 0. The van der Waals surface area contributed by atoms with Crippen LogP contribution in [0.5, 0.6) is 0 Å². The van der Waals surface area contributed by atoms with Gasteiger partial charge in [0.2, 0.25) is 0 Å². The Morgan fingerprint density at radius 3 is 2.62 bits per heavy atom. The van der Waals surface area contributed by atoms with E-state index in [4.69, 9.17) is 5.11 Å². The molecule has 0 radical (unpaired) electrons. The van der Waals surface area contributed by atoms with Gasteiger partial charge in [-0.1, -0.05) is 25.1 Å². The third-order valence-corrected chi connectivity index (χ3v) is 2.74. The molecule has 2 unspecified atom stereocenters. The van der Waals surface area contributed by atoms with Crippen molar-refractivity contribution in [3.8, 4) is 0 Å². The Kier molecular flexibility index (Phi) is 5.43. The van der Waals surface area contributed by atoms with Crippen LogP contribution in [-0.4, -0.2) is 17.8 Å². The first kappa shape index (κ1) is 13.1. The summed E-state index contributed by atoms with van der Waals surface area (Å²) >= 11 is 0. The highest BCUT2D eigenvalue weighted by Crippen LogP contribution is 2.20. The molecule has 16 heavy (non-hydrogen) atoms. The van der Waals surface area contributed by atoms with Gasteiger partial charge in [-0.05, 0) is 25.8 Å². The number of aliphatic hydroxyl groups excluding tert-OH is 1. The summed E-state index contributed by atoms with van der Waals surface area (Å²) in [5, 5.41) is 12.2. The van der Waals surface area contributed by atoms with Gasteiger partial charge in [0.05, 0.1) is 0 Å². The van der Waals surface area contributed by atoms with Crippen LogP contribution < -0.4 is 5.32 Å². The molecule has 1 aromatic carbocycles. The molecule has 0 saturated heterocycles. The highest BCUT2D eigenvalue weighted by molar-refractivity contribution is 5.21. The highest BCUT2D eigenvalue weighted by Gasteiger charge is 2.15. The summed E-state index contributed by atoms with van der Waals surface area (Å²) in [5.41, 5.74) is 0.704. The number of halogens is 1. The van der Waals surface area contributed by atoms with Gasteiger partial charge in [0.1, 0.15) is 5.82 Å². The first-order valence-electron chi connectivity index (χ1n) is 5.80. The van der Waals surface area contributed by atoms with Crippen LogP contribution in [0.25, 0.3) is 0 Å². The van der Waals surface area contributed by atoms with Crippen LogP contribution in [0, 0.1) is 5.82 Å². The molecular weight excluding hydrogens is 205 g/mol. The van der Waals surface area contributed by atoms with E-state index in [9.17, 15) is 4.39 Å². The van der Waals surface area contributed by atoms with E-state index < -0.39 is 0 Å². The smallest absolute Gasteiger partial charge is 0.127 e. The van der Waals surface area contributed by atoms with E-state index in [1.54, 1.807) is 6.07 Å². The van der Waals surface area contributed by atoms with E-state index in [0.29, 0.717) is 12.0 Å². The Morgan fingerprint density at radius 1 is 1.38 bits per heavy atom. The van der Waals surface area contributed by atoms with Crippen molar-refractivity contribution in [1.82, 2.24) is 5.32 Å². The average molecular weight is 225 g/mol. The Labute approximate surface area is 96.5 Å². The molecule has 0 aromatic heterocycles. The Hall–Kier alpha value is -0.930. The van der Waals surface area contributed by atoms with Crippen molar-refractivity contribution < 1.29 is 9.50 Å². The van der Waals surface area contributed by atoms with Gasteiger partial charge < -0.3 is 10.4 Å². The SMILES string of the molecule is CCC(NC(C)CCO)c1ccccc1F. The lowest BCUT2D eigenvalue weighted by Gasteiger charge is -2.22.